The van der Waals surface area contributed by atoms with Crippen LogP contribution in [0.3, 0.4) is 0 Å². The number of thioether (sulfide) groups is 1. The van der Waals surface area contributed by atoms with Crippen LogP contribution in [0.5, 0.6) is 5.75 Å². The van der Waals surface area contributed by atoms with Crippen molar-refractivity contribution in [2.24, 2.45) is 0 Å². The van der Waals surface area contributed by atoms with Gasteiger partial charge in [0.15, 0.2) is 11.6 Å². The number of aliphatic hydroxyl groups is 1. The minimum Gasteiger partial charge on any atom is -0.487 e. The van der Waals surface area contributed by atoms with Gasteiger partial charge >= 0.3 is 0 Å². The summed E-state index contributed by atoms with van der Waals surface area (Å²) in [6, 6.07) is 3.87. The quantitative estimate of drug-likeness (QED) is 0.797. The minimum absolute atomic E-state index is 0.110. The topological polar surface area (TPSA) is 54.4 Å². The Morgan fingerprint density at radius 1 is 1.44 bits per heavy atom. The maximum absolute atomic E-state index is 9.28. The lowest BCUT2D eigenvalue weighted by atomic mass is 10.2. The Balaban J connectivity index is 2.77. The lowest BCUT2D eigenvalue weighted by Gasteiger charge is -2.23. The number of nitrogens with one attached hydrogen (secondary N) is 1. The van der Waals surface area contributed by atoms with Gasteiger partial charge in [-0.2, -0.15) is 11.8 Å². The molecule has 2 unspecified atom stereocenters. The average molecular weight is 270 g/mol. The smallest absolute Gasteiger partial charge is 0.169 e. The predicted molar refractivity (Wildman–Crippen MR) is 77.5 cm³/mol. The zero-order valence-electron chi connectivity index (χ0n) is 11.4. The Kier molecular flexibility index (Phi) is 6.29. The summed E-state index contributed by atoms with van der Waals surface area (Å²) >= 11 is 1.64. The van der Waals surface area contributed by atoms with Gasteiger partial charge in [0.1, 0.15) is 0 Å². The van der Waals surface area contributed by atoms with Crippen LogP contribution in [0.4, 0.5) is 5.82 Å². The van der Waals surface area contributed by atoms with E-state index >= 15 is 0 Å². The first-order chi connectivity index (χ1) is 8.58. The van der Waals surface area contributed by atoms with Crippen LogP contribution in [-0.2, 0) is 0 Å². The Morgan fingerprint density at radius 3 is 2.72 bits per heavy atom. The number of hydrogen-bond donors (Lipinski definition) is 2. The molecule has 2 atom stereocenters. The van der Waals surface area contributed by atoms with Crippen LogP contribution in [0, 0.1) is 0 Å². The highest BCUT2D eigenvalue weighted by atomic mass is 32.2. The summed E-state index contributed by atoms with van der Waals surface area (Å²) in [4.78, 5) is 4.30. The van der Waals surface area contributed by atoms with Crippen molar-refractivity contribution >= 4 is 17.6 Å². The first kappa shape index (κ1) is 15.1. The van der Waals surface area contributed by atoms with Crippen molar-refractivity contribution in [1.29, 1.82) is 0 Å². The Hall–Kier alpha value is -0.940. The number of rotatable bonds is 7. The van der Waals surface area contributed by atoms with Crippen LogP contribution >= 0.6 is 11.8 Å². The van der Waals surface area contributed by atoms with Crippen LogP contribution < -0.4 is 10.1 Å². The van der Waals surface area contributed by atoms with E-state index in [0.717, 1.165) is 11.6 Å². The summed E-state index contributed by atoms with van der Waals surface area (Å²) in [5, 5.41) is 12.7. The van der Waals surface area contributed by atoms with Crippen molar-refractivity contribution in [2.75, 3.05) is 18.2 Å². The predicted octanol–water partition coefficient (Wildman–Crippen LogP) is 2.39. The van der Waals surface area contributed by atoms with E-state index in [1.165, 1.54) is 0 Å². The van der Waals surface area contributed by atoms with Crippen LogP contribution in [0.25, 0.3) is 0 Å². The number of ether oxygens (including phenoxy) is 1. The molecule has 1 heterocycles. The lowest BCUT2D eigenvalue weighted by molar-refractivity contribution is 0.242. The van der Waals surface area contributed by atoms with Crippen molar-refractivity contribution in [3.05, 3.63) is 18.3 Å². The number of aliphatic hydroxyl groups excluding tert-OH is 1. The van der Waals surface area contributed by atoms with E-state index < -0.39 is 0 Å². The Labute approximate surface area is 113 Å². The highest BCUT2D eigenvalue weighted by molar-refractivity contribution is 7.99. The molecule has 102 valence electrons. The molecular formula is C13H22N2O2S. The van der Waals surface area contributed by atoms with E-state index in [-0.39, 0.29) is 24.0 Å². The molecule has 5 heteroatoms. The molecule has 0 spiro atoms. The van der Waals surface area contributed by atoms with Gasteiger partial charge in [-0.25, -0.2) is 4.98 Å². The van der Waals surface area contributed by atoms with Gasteiger partial charge in [0, 0.05) is 17.5 Å². The fourth-order valence-electron chi connectivity index (χ4n) is 1.59. The molecule has 2 N–H and O–H groups in total. The van der Waals surface area contributed by atoms with Crippen molar-refractivity contribution in [3.8, 4) is 5.75 Å². The van der Waals surface area contributed by atoms with Gasteiger partial charge in [-0.1, -0.05) is 0 Å². The van der Waals surface area contributed by atoms with Crippen LogP contribution in [-0.4, -0.2) is 40.3 Å². The molecule has 1 aromatic rings. The standard InChI is InChI=1S/C13H22N2O2S/c1-9(2)17-11-6-5-7-14-13(11)15-10(3)12(8-16)18-4/h5-7,9-10,12,16H,8H2,1-4H3,(H,14,15). The zero-order valence-corrected chi connectivity index (χ0v) is 12.2. The number of nitrogens with zero attached hydrogens (tertiary/aromatic N) is 1. The number of hydrogen-bond acceptors (Lipinski definition) is 5. The van der Waals surface area contributed by atoms with Crippen molar-refractivity contribution < 1.29 is 9.84 Å². The molecule has 0 aliphatic heterocycles. The van der Waals surface area contributed by atoms with E-state index in [4.69, 9.17) is 4.74 Å². The molecule has 0 aliphatic rings. The molecule has 0 aromatic carbocycles. The maximum Gasteiger partial charge on any atom is 0.169 e. The molecule has 0 saturated heterocycles. The molecular weight excluding hydrogens is 248 g/mol. The summed E-state index contributed by atoms with van der Waals surface area (Å²) in [5.41, 5.74) is 0. The van der Waals surface area contributed by atoms with Crippen molar-refractivity contribution in [1.82, 2.24) is 4.98 Å². The summed E-state index contributed by atoms with van der Waals surface area (Å²) in [6.07, 6.45) is 3.83. The third kappa shape index (κ3) is 4.38. The highest BCUT2D eigenvalue weighted by Gasteiger charge is 2.17. The average Bonchev–Trinajstić information content (AvgIpc) is 2.32. The fraction of sp³-hybridized carbons (Fsp3) is 0.615. The first-order valence-corrected chi connectivity index (χ1v) is 7.39. The SMILES string of the molecule is CSC(CO)C(C)Nc1ncccc1OC(C)C. The second-order valence-electron chi connectivity index (χ2n) is 4.41. The Morgan fingerprint density at radius 2 is 2.17 bits per heavy atom. The van der Waals surface area contributed by atoms with E-state index in [0.29, 0.717) is 0 Å². The normalized spacial score (nSPS) is 14.3. The monoisotopic (exact) mass is 270 g/mol. The Bertz CT molecular complexity index is 357. The summed E-state index contributed by atoms with van der Waals surface area (Å²) < 4.78 is 5.70. The van der Waals surface area contributed by atoms with Gasteiger partial charge in [0.2, 0.25) is 0 Å². The highest BCUT2D eigenvalue weighted by Crippen LogP contribution is 2.24. The van der Waals surface area contributed by atoms with Crippen LogP contribution in [0.15, 0.2) is 18.3 Å². The second kappa shape index (κ2) is 7.48. The molecule has 0 saturated carbocycles. The maximum atomic E-state index is 9.28. The molecule has 0 fully saturated rings. The van der Waals surface area contributed by atoms with Crippen LogP contribution in [0.2, 0.25) is 0 Å². The minimum atomic E-state index is 0.110. The van der Waals surface area contributed by atoms with E-state index in [1.807, 2.05) is 39.2 Å². The third-order valence-electron chi connectivity index (χ3n) is 2.54. The summed E-state index contributed by atoms with van der Waals surface area (Å²) in [5.74, 6) is 1.48. The van der Waals surface area contributed by atoms with E-state index in [1.54, 1.807) is 18.0 Å². The molecule has 0 amide bonds. The lowest BCUT2D eigenvalue weighted by Crippen LogP contribution is -2.31. The van der Waals surface area contributed by atoms with Gasteiger partial charge in [-0.15, -0.1) is 0 Å². The molecule has 1 aromatic heterocycles. The van der Waals surface area contributed by atoms with Crippen molar-refractivity contribution in [2.45, 2.75) is 38.2 Å². The second-order valence-corrected chi connectivity index (χ2v) is 5.48. The summed E-state index contributed by atoms with van der Waals surface area (Å²) in [6.45, 7) is 6.14. The molecule has 18 heavy (non-hydrogen) atoms. The van der Waals surface area contributed by atoms with E-state index in [2.05, 4.69) is 10.3 Å². The molecule has 0 bridgehead atoms. The van der Waals surface area contributed by atoms with Gasteiger partial charge in [-0.05, 0) is 39.2 Å². The van der Waals surface area contributed by atoms with Gasteiger partial charge in [-0.3, -0.25) is 0 Å². The zero-order chi connectivity index (χ0) is 13.5. The third-order valence-corrected chi connectivity index (χ3v) is 3.70. The molecule has 0 aliphatic carbocycles. The fourth-order valence-corrected chi connectivity index (χ4v) is 2.22. The number of anilines is 1. The van der Waals surface area contributed by atoms with Gasteiger partial charge in [0.25, 0.3) is 0 Å². The molecule has 4 nitrogen and oxygen atoms in total. The number of pyridine rings is 1. The van der Waals surface area contributed by atoms with Gasteiger partial charge < -0.3 is 15.2 Å². The molecule has 1 rings (SSSR count). The summed E-state index contributed by atoms with van der Waals surface area (Å²) in [7, 11) is 0. The molecule has 0 radical (unpaired) electrons. The first-order valence-electron chi connectivity index (χ1n) is 6.10. The number of aromatic nitrogens is 1. The van der Waals surface area contributed by atoms with Crippen LogP contribution in [0.1, 0.15) is 20.8 Å². The van der Waals surface area contributed by atoms with Gasteiger partial charge in [0.05, 0.1) is 12.7 Å². The van der Waals surface area contributed by atoms with Crippen molar-refractivity contribution in [3.63, 3.8) is 0 Å². The van der Waals surface area contributed by atoms with E-state index in [9.17, 15) is 5.11 Å². The largest absolute Gasteiger partial charge is 0.487 e.